The molecule has 0 spiro atoms. The number of thiol groups is 1. The Morgan fingerprint density at radius 3 is 2.41 bits per heavy atom. The van der Waals surface area contributed by atoms with Gasteiger partial charge in [-0.15, -0.1) is 0 Å². The van der Waals surface area contributed by atoms with E-state index in [4.69, 9.17) is 0 Å². The molecule has 92 valence electrons. The molecule has 0 saturated carbocycles. The molecule has 0 radical (unpaired) electrons. The molecule has 0 aliphatic rings. The Balaban J connectivity index is 2.23. The fourth-order valence-corrected chi connectivity index (χ4v) is 1.38. The average Bonchev–Trinajstić information content (AvgIpc) is 2.37. The van der Waals surface area contributed by atoms with Crippen LogP contribution in [0.25, 0.3) is 0 Å². The third kappa shape index (κ3) is 5.40. The summed E-state index contributed by atoms with van der Waals surface area (Å²) in [7, 11) is 0. The van der Waals surface area contributed by atoms with E-state index in [0.29, 0.717) is 24.4 Å². The van der Waals surface area contributed by atoms with Crippen LogP contribution in [0, 0.1) is 0 Å². The smallest absolute Gasteiger partial charge is 0.251 e. The number of carbonyl (C=O) groups excluding carboxylic acids is 2. The lowest BCUT2D eigenvalue weighted by molar-refractivity contribution is -0.120. The van der Waals surface area contributed by atoms with Crippen LogP contribution in [0.5, 0.6) is 0 Å². The minimum absolute atomic E-state index is 0.0765. The highest BCUT2D eigenvalue weighted by Gasteiger charge is 2.05. The highest BCUT2D eigenvalue weighted by atomic mass is 32.1. The van der Waals surface area contributed by atoms with Gasteiger partial charge in [0.25, 0.3) is 5.91 Å². The van der Waals surface area contributed by atoms with E-state index < -0.39 is 0 Å². The van der Waals surface area contributed by atoms with Gasteiger partial charge in [-0.3, -0.25) is 9.59 Å². The topological polar surface area (TPSA) is 58.2 Å². The van der Waals surface area contributed by atoms with E-state index in [1.807, 2.05) is 6.07 Å². The van der Waals surface area contributed by atoms with Crippen LogP contribution in [-0.4, -0.2) is 30.7 Å². The first-order valence-electron chi connectivity index (χ1n) is 5.45. The summed E-state index contributed by atoms with van der Waals surface area (Å²) in [5.41, 5.74) is 0.600. The Labute approximate surface area is 106 Å². The molecule has 0 aromatic heterocycles. The van der Waals surface area contributed by atoms with E-state index >= 15 is 0 Å². The van der Waals surface area contributed by atoms with Crippen molar-refractivity contribution in [2.75, 3.05) is 18.8 Å². The number of hydrogen-bond acceptors (Lipinski definition) is 3. The van der Waals surface area contributed by atoms with Gasteiger partial charge in [0.15, 0.2) is 0 Å². The number of carbonyl (C=O) groups is 2. The molecule has 0 aliphatic carbocycles. The third-order valence-corrected chi connectivity index (χ3v) is 2.33. The van der Waals surface area contributed by atoms with Gasteiger partial charge in [-0.2, -0.15) is 12.6 Å². The van der Waals surface area contributed by atoms with Crippen LogP contribution in [0.2, 0.25) is 0 Å². The quantitative estimate of drug-likeness (QED) is 0.657. The first-order chi connectivity index (χ1) is 8.24. The van der Waals surface area contributed by atoms with Crippen molar-refractivity contribution in [3.63, 3.8) is 0 Å². The zero-order chi connectivity index (χ0) is 12.5. The van der Waals surface area contributed by atoms with Gasteiger partial charge < -0.3 is 10.6 Å². The molecule has 0 saturated heterocycles. The maximum absolute atomic E-state index is 11.6. The molecular weight excluding hydrogens is 236 g/mol. The molecule has 0 unspecified atom stereocenters. The van der Waals surface area contributed by atoms with Crippen molar-refractivity contribution in [2.24, 2.45) is 0 Å². The summed E-state index contributed by atoms with van der Waals surface area (Å²) in [6.45, 7) is 0.890. The zero-order valence-electron chi connectivity index (χ0n) is 9.48. The van der Waals surface area contributed by atoms with Crippen LogP contribution in [0.3, 0.4) is 0 Å². The monoisotopic (exact) mass is 252 g/mol. The maximum Gasteiger partial charge on any atom is 0.251 e. The normalized spacial score (nSPS) is 9.71. The van der Waals surface area contributed by atoms with Crippen molar-refractivity contribution >= 4 is 24.4 Å². The van der Waals surface area contributed by atoms with E-state index in [2.05, 4.69) is 23.3 Å². The minimum Gasteiger partial charge on any atom is -0.355 e. The van der Waals surface area contributed by atoms with Gasteiger partial charge in [0.05, 0.1) is 0 Å². The zero-order valence-corrected chi connectivity index (χ0v) is 10.4. The van der Waals surface area contributed by atoms with Crippen molar-refractivity contribution in [3.8, 4) is 0 Å². The summed E-state index contributed by atoms with van der Waals surface area (Å²) < 4.78 is 0. The van der Waals surface area contributed by atoms with E-state index in [1.54, 1.807) is 24.3 Å². The Morgan fingerprint density at radius 2 is 1.76 bits per heavy atom. The molecule has 0 fully saturated rings. The molecule has 17 heavy (non-hydrogen) atoms. The van der Waals surface area contributed by atoms with Crippen LogP contribution in [0.1, 0.15) is 16.8 Å². The van der Waals surface area contributed by atoms with Crippen molar-refractivity contribution < 1.29 is 9.59 Å². The van der Waals surface area contributed by atoms with Gasteiger partial charge in [-0.1, -0.05) is 18.2 Å². The minimum atomic E-state index is -0.160. The first kappa shape index (κ1) is 13.6. The average molecular weight is 252 g/mol. The van der Waals surface area contributed by atoms with Crippen LogP contribution in [0.4, 0.5) is 0 Å². The molecule has 2 N–H and O–H groups in total. The lowest BCUT2D eigenvalue weighted by Gasteiger charge is -2.05. The van der Waals surface area contributed by atoms with Gasteiger partial charge in [0.2, 0.25) is 5.91 Å². The SMILES string of the molecule is O=C(CCNC(=O)c1ccccc1)NCCS. The summed E-state index contributed by atoms with van der Waals surface area (Å²) in [4.78, 5) is 22.8. The largest absolute Gasteiger partial charge is 0.355 e. The fourth-order valence-electron chi connectivity index (χ4n) is 1.26. The predicted octanol–water partition coefficient (Wildman–Crippen LogP) is 0.853. The molecule has 1 rings (SSSR count). The summed E-state index contributed by atoms with van der Waals surface area (Å²) in [5, 5.41) is 5.37. The van der Waals surface area contributed by atoms with Gasteiger partial charge in [-0.05, 0) is 12.1 Å². The molecule has 1 aromatic rings. The number of nitrogens with one attached hydrogen (secondary N) is 2. The molecular formula is C12H16N2O2S. The van der Waals surface area contributed by atoms with Crippen molar-refractivity contribution in [1.29, 1.82) is 0 Å². The Bertz CT molecular complexity index is 368. The molecule has 0 atom stereocenters. The molecule has 1 aromatic carbocycles. The van der Waals surface area contributed by atoms with Crippen LogP contribution >= 0.6 is 12.6 Å². The predicted molar refractivity (Wildman–Crippen MR) is 70.3 cm³/mol. The highest BCUT2D eigenvalue weighted by molar-refractivity contribution is 7.80. The van der Waals surface area contributed by atoms with Crippen molar-refractivity contribution in [3.05, 3.63) is 35.9 Å². The van der Waals surface area contributed by atoms with Gasteiger partial charge in [0.1, 0.15) is 0 Å². The molecule has 0 bridgehead atoms. The van der Waals surface area contributed by atoms with Crippen LogP contribution < -0.4 is 10.6 Å². The third-order valence-electron chi connectivity index (χ3n) is 2.11. The standard InChI is InChI=1S/C12H16N2O2S/c15-11(13-8-9-17)6-7-14-12(16)10-4-2-1-3-5-10/h1-5,17H,6-9H2,(H,13,15)(H,14,16). The van der Waals surface area contributed by atoms with Gasteiger partial charge in [0, 0.05) is 30.8 Å². The molecule has 0 heterocycles. The molecule has 0 aliphatic heterocycles. The maximum atomic E-state index is 11.6. The second-order valence-corrected chi connectivity index (χ2v) is 3.89. The lowest BCUT2D eigenvalue weighted by Crippen LogP contribution is -2.31. The Kier molecular flexibility index (Phi) is 6.17. The molecule has 2 amide bonds. The van der Waals surface area contributed by atoms with Crippen LogP contribution in [0.15, 0.2) is 30.3 Å². The molecule has 5 heteroatoms. The second kappa shape index (κ2) is 7.73. The number of benzene rings is 1. The van der Waals surface area contributed by atoms with Gasteiger partial charge in [-0.25, -0.2) is 0 Å². The first-order valence-corrected chi connectivity index (χ1v) is 6.08. The fraction of sp³-hybridized carbons (Fsp3) is 0.333. The summed E-state index contributed by atoms with van der Waals surface area (Å²) in [5.74, 6) is 0.377. The lowest BCUT2D eigenvalue weighted by atomic mass is 10.2. The number of rotatable bonds is 6. The summed E-state index contributed by atoms with van der Waals surface area (Å²) in [6.07, 6.45) is 0.284. The van der Waals surface area contributed by atoms with E-state index in [0.717, 1.165) is 0 Å². The van der Waals surface area contributed by atoms with E-state index in [1.165, 1.54) is 0 Å². The van der Waals surface area contributed by atoms with Crippen molar-refractivity contribution in [2.45, 2.75) is 6.42 Å². The van der Waals surface area contributed by atoms with E-state index in [9.17, 15) is 9.59 Å². The summed E-state index contributed by atoms with van der Waals surface area (Å²) in [6, 6.07) is 8.91. The van der Waals surface area contributed by atoms with E-state index in [-0.39, 0.29) is 18.2 Å². The number of amides is 2. The highest BCUT2D eigenvalue weighted by Crippen LogP contribution is 1.97. The second-order valence-electron chi connectivity index (χ2n) is 3.45. The van der Waals surface area contributed by atoms with Gasteiger partial charge >= 0.3 is 0 Å². The summed E-state index contributed by atoms with van der Waals surface area (Å²) >= 11 is 3.98. The van der Waals surface area contributed by atoms with Crippen LogP contribution in [-0.2, 0) is 4.79 Å². The Morgan fingerprint density at radius 1 is 1.06 bits per heavy atom. The number of hydrogen-bond donors (Lipinski definition) is 3. The Hall–Kier alpha value is -1.49. The molecule has 4 nitrogen and oxygen atoms in total. The van der Waals surface area contributed by atoms with Crippen molar-refractivity contribution in [1.82, 2.24) is 10.6 Å².